The number of nitrogens with zero attached hydrogens (tertiary/aromatic N) is 3. The lowest BCUT2D eigenvalue weighted by Crippen LogP contribution is -2.13. The quantitative estimate of drug-likeness (QED) is 0.592. The molecule has 0 saturated heterocycles. The van der Waals surface area contributed by atoms with E-state index >= 15 is 0 Å². The highest BCUT2D eigenvalue weighted by Gasteiger charge is 2.29. The minimum absolute atomic E-state index is 0.0639. The Kier molecular flexibility index (Phi) is 4.43. The molecule has 0 aliphatic heterocycles. The monoisotopic (exact) mass is 308 g/mol. The lowest BCUT2D eigenvalue weighted by molar-refractivity contribution is -0.137. The van der Waals surface area contributed by atoms with Gasteiger partial charge in [-0.25, -0.2) is 10.8 Å². The second-order valence-electron chi connectivity index (χ2n) is 4.27. The molecular formula is C13H11F3N6. The van der Waals surface area contributed by atoms with E-state index in [1.807, 2.05) is 6.07 Å². The Bertz CT molecular complexity index is 690. The van der Waals surface area contributed by atoms with Crippen LogP contribution in [-0.4, -0.2) is 9.97 Å². The summed E-state index contributed by atoms with van der Waals surface area (Å²) in [5.74, 6) is 5.58. The standard InChI is InChI=1S/C13H11F3N6/c14-13(15,16)9-3-1-8(2-4-9)7-19-11-5-10(6-17)20-12(21-11)22-18/h1-5H,7,18H2,(H2,19,20,21,22). The number of hydrogen-bond donors (Lipinski definition) is 3. The Morgan fingerprint density at radius 1 is 1.18 bits per heavy atom. The van der Waals surface area contributed by atoms with Gasteiger partial charge in [0.25, 0.3) is 0 Å². The number of rotatable bonds is 4. The molecule has 4 N–H and O–H groups in total. The highest BCUT2D eigenvalue weighted by atomic mass is 19.4. The Morgan fingerprint density at radius 3 is 2.41 bits per heavy atom. The van der Waals surface area contributed by atoms with Crippen molar-refractivity contribution < 1.29 is 13.2 Å². The van der Waals surface area contributed by atoms with E-state index in [0.717, 1.165) is 12.1 Å². The van der Waals surface area contributed by atoms with Crippen LogP contribution in [0, 0.1) is 11.3 Å². The molecule has 6 nitrogen and oxygen atoms in total. The number of benzene rings is 1. The third-order valence-electron chi connectivity index (χ3n) is 2.72. The van der Waals surface area contributed by atoms with Crippen LogP contribution >= 0.6 is 0 Å². The SMILES string of the molecule is N#Cc1cc(NCc2ccc(C(F)(F)F)cc2)nc(NN)n1. The molecule has 0 aliphatic carbocycles. The average molecular weight is 308 g/mol. The number of hydrogen-bond acceptors (Lipinski definition) is 6. The van der Waals surface area contributed by atoms with Crippen molar-refractivity contribution in [3.8, 4) is 6.07 Å². The summed E-state index contributed by atoms with van der Waals surface area (Å²) in [6.45, 7) is 0.240. The van der Waals surface area contributed by atoms with Gasteiger partial charge in [0.2, 0.25) is 5.95 Å². The summed E-state index contributed by atoms with van der Waals surface area (Å²) >= 11 is 0. The first-order chi connectivity index (χ1) is 10.4. The van der Waals surface area contributed by atoms with Crippen LogP contribution < -0.4 is 16.6 Å². The molecule has 1 heterocycles. The molecule has 0 aliphatic rings. The number of alkyl halides is 3. The van der Waals surface area contributed by atoms with E-state index in [9.17, 15) is 13.2 Å². The zero-order chi connectivity index (χ0) is 16.2. The molecule has 0 atom stereocenters. The van der Waals surface area contributed by atoms with Gasteiger partial charge in [-0.1, -0.05) is 12.1 Å². The van der Waals surface area contributed by atoms with Crippen molar-refractivity contribution in [3.63, 3.8) is 0 Å². The predicted molar refractivity (Wildman–Crippen MR) is 73.3 cm³/mol. The first-order valence-electron chi connectivity index (χ1n) is 6.08. The van der Waals surface area contributed by atoms with E-state index in [1.54, 1.807) is 0 Å². The molecule has 2 aromatic rings. The van der Waals surface area contributed by atoms with Crippen molar-refractivity contribution in [3.05, 3.63) is 47.2 Å². The van der Waals surface area contributed by atoms with Gasteiger partial charge in [-0.2, -0.15) is 23.4 Å². The summed E-state index contributed by atoms with van der Waals surface area (Å²) < 4.78 is 37.4. The van der Waals surface area contributed by atoms with Gasteiger partial charge in [0, 0.05) is 12.6 Å². The second kappa shape index (κ2) is 6.28. The summed E-state index contributed by atoms with van der Waals surface area (Å²) in [7, 11) is 0. The molecule has 0 amide bonds. The number of anilines is 2. The normalized spacial score (nSPS) is 10.9. The lowest BCUT2D eigenvalue weighted by Gasteiger charge is -2.09. The van der Waals surface area contributed by atoms with Gasteiger partial charge in [-0.15, -0.1) is 0 Å². The summed E-state index contributed by atoms with van der Waals surface area (Å²) in [6, 6.07) is 8.00. The molecule has 9 heteroatoms. The lowest BCUT2D eigenvalue weighted by atomic mass is 10.1. The number of aromatic nitrogens is 2. The number of nitrogen functional groups attached to an aromatic ring is 1. The minimum Gasteiger partial charge on any atom is -0.366 e. The summed E-state index contributed by atoms with van der Waals surface area (Å²) in [4.78, 5) is 7.77. The molecule has 0 bridgehead atoms. The van der Waals surface area contributed by atoms with Crippen molar-refractivity contribution in [2.75, 3.05) is 10.7 Å². The highest BCUT2D eigenvalue weighted by molar-refractivity contribution is 5.45. The molecule has 0 radical (unpaired) electrons. The molecule has 2 rings (SSSR count). The Balaban J connectivity index is 2.09. The molecule has 114 valence electrons. The van der Waals surface area contributed by atoms with E-state index in [4.69, 9.17) is 11.1 Å². The van der Waals surface area contributed by atoms with E-state index in [-0.39, 0.29) is 18.2 Å². The molecule has 0 fully saturated rings. The van der Waals surface area contributed by atoms with Crippen LogP contribution in [0.15, 0.2) is 30.3 Å². The number of nitriles is 1. The fourth-order valence-corrected chi connectivity index (χ4v) is 1.66. The third-order valence-corrected chi connectivity index (χ3v) is 2.72. The topological polar surface area (TPSA) is 99.7 Å². The van der Waals surface area contributed by atoms with Crippen LogP contribution in [-0.2, 0) is 12.7 Å². The minimum atomic E-state index is -4.36. The van der Waals surface area contributed by atoms with Gasteiger partial charge < -0.3 is 5.32 Å². The number of halogens is 3. The van der Waals surface area contributed by atoms with Gasteiger partial charge in [0.1, 0.15) is 17.6 Å². The summed E-state index contributed by atoms with van der Waals surface area (Å²) in [5.41, 5.74) is 2.26. The summed E-state index contributed by atoms with van der Waals surface area (Å²) in [6.07, 6.45) is -4.36. The smallest absolute Gasteiger partial charge is 0.366 e. The fraction of sp³-hybridized carbons (Fsp3) is 0.154. The zero-order valence-electron chi connectivity index (χ0n) is 11.1. The second-order valence-corrected chi connectivity index (χ2v) is 4.27. The van der Waals surface area contributed by atoms with Crippen molar-refractivity contribution in [1.82, 2.24) is 9.97 Å². The van der Waals surface area contributed by atoms with Crippen LogP contribution in [0.3, 0.4) is 0 Å². The molecule has 22 heavy (non-hydrogen) atoms. The first-order valence-corrected chi connectivity index (χ1v) is 6.08. The molecule has 0 spiro atoms. The fourth-order valence-electron chi connectivity index (χ4n) is 1.66. The van der Waals surface area contributed by atoms with Crippen LogP contribution in [0.5, 0.6) is 0 Å². The van der Waals surface area contributed by atoms with Crippen LogP contribution in [0.2, 0.25) is 0 Å². The van der Waals surface area contributed by atoms with Crippen LogP contribution in [0.25, 0.3) is 0 Å². The molecule has 1 aromatic carbocycles. The largest absolute Gasteiger partial charge is 0.416 e. The van der Waals surface area contributed by atoms with E-state index < -0.39 is 11.7 Å². The van der Waals surface area contributed by atoms with Crippen molar-refractivity contribution in [2.24, 2.45) is 5.84 Å². The number of nitrogens with two attached hydrogens (primary N) is 1. The van der Waals surface area contributed by atoms with Gasteiger partial charge in [0.05, 0.1) is 5.56 Å². The Labute approximate surface area is 123 Å². The van der Waals surface area contributed by atoms with Gasteiger partial charge in [0.15, 0.2) is 0 Å². The Hall–Kier alpha value is -2.86. The van der Waals surface area contributed by atoms with Crippen molar-refractivity contribution in [1.29, 1.82) is 5.26 Å². The zero-order valence-corrected chi connectivity index (χ0v) is 11.1. The Morgan fingerprint density at radius 2 is 1.86 bits per heavy atom. The average Bonchev–Trinajstić information content (AvgIpc) is 2.52. The van der Waals surface area contributed by atoms with Gasteiger partial charge in [-0.3, -0.25) is 5.43 Å². The molecule has 1 aromatic heterocycles. The molecule has 0 unspecified atom stereocenters. The predicted octanol–water partition coefficient (Wildman–Crippen LogP) is 2.26. The number of nitrogens with one attached hydrogen (secondary N) is 2. The highest BCUT2D eigenvalue weighted by Crippen LogP contribution is 2.29. The van der Waals surface area contributed by atoms with Gasteiger partial charge >= 0.3 is 6.18 Å². The van der Waals surface area contributed by atoms with Crippen molar-refractivity contribution >= 4 is 11.8 Å². The van der Waals surface area contributed by atoms with E-state index in [0.29, 0.717) is 11.4 Å². The molecular weight excluding hydrogens is 297 g/mol. The summed E-state index contributed by atoms with van der Waals surface area (Å²) in [5, 5.41) is 11.7. The maximum Gasteiger partial charge on any atom is 0.416 e. The maximum atomic E-state index is 12.5. The third kappa shape index (κ3) is 3.83. The first kappa shape index (κ1) is 15.5. The number of hydrazine groups is 1. The van der Waals surface area contributed by atoms with E-state index in [2.05, 4.69) is 20.7 Å². The van der Waals surface area contributed by atoms with Gasteiger partial charge in [-0.05, 0) is 17.7 Å². The van der Waals surface area contributed by atoms with Crippen LogP contribution in [0.4, 0.5) is 24.9 Å². The van der Waals surface area contributed by atoms with Crippen LogP contribution in [0.1, 0.15) is 16.8 Å². The van der Waals surface area contributed by atoms with E-state index in [1.165, 1.54) is 18.2 Å². The maximum absolute atomic E-state index is 12.5. The molecule has 0 saturated carbocycles. The van der Waals surface area contributed by atoms with Crippen molar-refractivity contribution in [2.45, 2.75) is 12.7 Å².